The van der Waals surface area contributed by atoms with Gasteiger partial charge >= 0.3 is 0 Å². The van der Waals surface area contributed by atoms with Crippen LogP contribution in [0.15, 0.2) is 41.3 Å². The number of nitrogens with one attached hydrogen (secondary N) is 3. The molecular weight excluding hydrogens is 440 g/mol. The lowest BCUT2D eigenvalue weighted by atomic mass is 9.92. The van der Waals surface area contributed by atoms with Crippen molar-refractivity contribution < 1.29 is 26.8 Å². The van der Waals surface area contributed by atoms with Crippen LogP contribution in [0, 0.1) is 11.6 Å². The lowest BCUT2D eigenvalue weighted by Gasteiger charge is -2.18. The third-order valence-electron chi connectivity index (χ3n) is 5.37. The number of carbonyl (C=O) groups is 2. The highest BCUT2D eigenvalue weighted by Crippen LogP contribution is 2.24. The Hall–Kier alpha value is -2.85. The monoisotopic (exact) mass is 465 g/mol. The molecule has 0 spiro atoms. The molecule has 0 aromatic heterocycles. The second-order valence-corrected chi connectivity index (χ2v) is 9.34. The van der Waals surface area contributed by atoms with E-state index in [4.69, 9.17) is 0 Å². The van der Waals surface area contributed by atoms with Crippen LogP contribution in [-0.2, 0) is 32.5 Å². The van der Waals surface area contributed by atoms with Gasteiger partial charge in [0.25, 0.3) is 0 Å². The van der Waals surface area contributed by atoms with Gasteiger partial charge < -0.3 is 10.6 Å². The van der Waals surface area contributed by atoms with Crippen molar-refractivity contribution in [2.24, 2.45) is 0 Å². The lowest BCUT2D eigenvalue weighted by molar-refractivity contribution is -0.128. The molecule has 2 aromatic rings. The molecule has 32 heavy (non-hydrogen) atoms. The fourth-order valence-electron chi connectivity index (χ4n) is 3.63. The zero-order valence-electron chi connectivity index (χ0n) is 17.6. The van der Waals surface area contributed by atoms with E-state index in [1.54, 1.807) is 12.1 Å². The first kappa shape index (κ1) is 23.8. The number of aryl methyl sites for hydroxylation is 2. The third-order valence-corrected chi connectivity index (χ3v) is 6.82. The molecule has 0 bridgehead atoms. The molecule has 0 aliphatic heterocycles. The summed E-state index contributed by atoms with van der Waals surface area (Å²) in [4.78, 5) is 24.6. The van der Waals surface area contributed by atoms with Gasteiger partial charge in [-0.15, -0.1) is 0 Å². The molecule has 0 radical (unpaired) electrons. The lowest BCUT2D eigenvalue weighted by Crippen LogP contribution is -2.40. The molecule has 0 heterocycles. The van der Waals surface area contributed by atoms with Crippen LogP contribution in [0.5, 0.6) is 0 Å². The number of sulfonamides is 1. The van der Waals surface area contributed by atoms with Gasteiger partial charge in [0.1, 0.15) is 6.04 Å². The Labute approximate surface area is 185 Å². The average Bonchev–Trinajstić information content (AvgIpc) is 2.78. The number of hydrogen-bond acceptors (Lipinski definition) is 4. The number of rotatable bonds is 8. The zero-order valence-corrected chi connectivity index (χ0v) is 18.4. The molecule has 2 amide bonds. The number of hydrogen-bond donors (Lipinski definition) is 3. The van der Waals surface area contributed by atoms with E-state index >= 15 is 0 Å². The third kappa shape index (κ3) is 5.68. The fraction of sp³-hybridized carbons (Fsp3) is 0.364. The molecule has 2 aromatic carbocycles. The summed E-state index contributed by atoms with van der Waals surface area (Å²) in [5.41, 5.74) is 2.25. The minimum Gasteiger partial charge on any atom is -0.357 e. The Bertz CT molecular complexity index is 1120. The van der Waals surface area contributed by atoms with Gasteiger partial charge in [0.05, 0.1) is 4.90 Å². The predicted molar refractivity (Wildman–Crippen MR) is 114 cm³/mol. The van der Waals surface area contributed by atoms with Crippen molar-refractivity contribution in [1.82, 2.24) is 15.4 Å². The van der Waals surface area contributed by atoms with Crippen molar-refractivity contribution in [1.29, 1.82) is 0 Å². The minimum atomic E-state index is -3.80. The first-order chi connectivity index (χ1) is 15.2. The Morgan fingerprint density at radius 1 is 1.00 bits per heavy atom. The van der Waals surface area contributed by atoms with Crippen molar-refractivity contribution in [3.63, 3.8) is 0 Å². The quantitative estimate of drug-likeness (QED) is 0.556. The van der Waals surface area contributed by atoms with Gasteiger partial charge in [-0.3, -0.25) is 9.59 Å². The highest BCUT2D eigenvalue weighted by molar-refractivity contribution is 7.89. The SMILES string of the molecule is CNC(=O)C(NC(=O)CCNS(=O)(=O)c1ccc2c(c1)CCCC2)c1ccc(F)c(F)c1. The minimum absolute atomic E-state index is 0.0613. The average molecular weight is 466 g/mol. The Morgan fingerprint density at radius 3 is 2.41 bits per heavy atom. The molecular formula is C22H25F2N3O4S. The van der Waals surface area contributed by atoms with E-state index in [0.29, 0.717) is 0 Å². The largest absolute Gasteiger partial charge is 0.357 e. The number of fused-ring (bicyclic) bond motifs is 1. The second kappa shape index (κ2) is 10.2. The van der Waals surface area contributed by atoms with Crippen LogP contribution in [0.1, 0.15) is 42.0 Å². The molecule has 1 unspecified atom stereocenters. The molecule has 3 N–H and O–H groups in total. The summed E-state index contributed by atoms with van der Waals surface area (Å²) >= 11 is 0. The van der Waals surface area contributed by atoms with E-state index in [-0.39, 0.29) is 23.4 Å². The van der Waals surface area contributed by atoms with Crippen LogP contribution in [-0.4, -0.2) is 33.8 Å². The maximum Gasteiger partial charge on any atom is 0.246 e. The van der Waals surface area contributed by atoms with Crippen LogP contribution in [0.3, 0.4) is 0 Å². The summed E-state index contributed by atoms with van der Waals surface area (Å²) < 4.78 is 54.3. The van der Waals surface area contributed by atoms with Crippen LogP contribution in [0.4, 0.5) is 8.78 Å². The van der Waals surface area contributed by atoms with Gasteiger partial charge in [-0.25, -0.2) is 21.9 Å². The number of carbonyl (C=O) groups excluding carboxylic acids is 2. The summed E-state index contributed by atoms with van der Waals surface area (Å²) in [6.07, 6.45) is 3.64. The van der Waals surface area contributed by atoms with E-state index in [1.807, 2.05) is 6.07 Å². The van der Waals surface area contributed by atoms with Crippen LogP contribution >= 0.6 is 0 Å². The molecule has 7 nitrogen and oxygen atoms in total. The van der Waals surface area contributed by atoms with Gasteiger partial charge in [0.2, 0.25) is 21.8 Å². The number of benzene rings is 2. The van der Waals surface area contributed by atoms with E-state index < -0.39 is 39.5 Å². The molecule has 0 saturated carbocycles. The molecule has 1 atom stereocenters. The predicted octanol–water partition coefficient (Wildman–Crippen LogP) is 2.12. The highest BCUT2D eigenvalue weighted by atomic mass is 32.2. The first-order valence-electron chi connectivity index (χ1n) is 10.3. The van der Waals surface area contributed by atoms with Crippen molar-refractivity contribution >= 4 is 21.8 Å². The Balaban J connectivity index is 1.61. The van der Waals surface area contributed by atoms with Gasteiger partial charge in [-0.2, -0.15) is 0 Å². The number of halogens is 2. The maximum absolute atomic E-state index is 13.5. The van der Waals surface area contributed by atoms with Gasteiger partial charge in [-0.1, -0.05) is 12.1 Å². The van der Waals surface area contributed by atoms with Gasteiger partial charge in [-0.05, 0) is 66.6 Å². The number of likely N-dealkylation sites (N-methyl/N-ethyl adjacent to an activating group) is 1. The zero-order chi connectivity index (χ0) is 23.3. The van der Waals surface area contributed by atoms with E-state index in [1.165, 1.54) is 13.1 Å². The van der Waals surface area contributed by atoms with Crippen LogP contribution in [0.2, 0.25) is 0 Å². The summed E-state index contributed by atoms with van der Waals surface area (Å²) in [6.45, 7) is -0.191. The van der Waals surface area contributed by atoms with Crippen molar-refractivity contribution in [2.75, 3.05) is 13.6 Å². The van der Waals surface area contributed by atoms with Crippen molar-refractivity contribution in [3.05, 3.63) is 64.7 Å². The summed E-state index contributed by atoms with van der Waals surface area (Å²) in [7, 11) is -2.46. The topological polar surface area (TPSA) is 104 Å². The highest BCUT2D eigenvalue weighted by Gasteiger charge is 2.23. The second-order valence-electron chi connectivity index (χ2n) is 7.57. The molecule has 1 aliphatic carbocycles. The van der Waals surface area contributed by atoms with Crippen molar-refractivity contribution in [2.45, 2.75) is 43.0 Å². The van der Waals surface area contributed by atoms with Crippen LogP contribution in [0.25, 0.3) is 0 Å². The molecule has 3 rings (SSSR count). The molecule has 1 aliphatic rings. The maximum atomic E-state index is 13.5. The van der Waals surface area contributed by atoms with Crippen LogP contribution < -0.4 is 15.4 Å². The molecule has 172 valence electrons. The molecule has 0 fully saturated rings. The van der Waals surface area contributed by atoms with Gasteiger partial charge in [0.15, 0.2) is 11.6 Å². The van der Waals surface area contributed by atoms with E-state index in [9.17, 15) is 26.8 Å². The Kier molecular flexibility index (Phi) is 7.57. The normalized spacial score (nSPS) is 14.3. The Morgan fingerprint density at radius 2 is 1.72 bits per heavy atom. The summed E-state index contributed by atoms with van der Waals surface area (Å²) in [5, 5.41) is 4.77. The molecule has 0 saturated heterocycles. The standard InChI is InChI=1S/C22H25F2N3O4S/c1-25-22(29)21(16-7-9-18(23)19(24)13-16)27-20(28)10-11-26-32(30,31)17-8-6-14-4-2-3-5-15(14)12-17/h6-9,12-13,21,26H,2-5,10-11H2,1H3,(H,25,29)(H,27,28). The number of amides is 2. The summed E-state index contributed by atoms with van der Waals surface area (Å²) in [5.74, 6) is -3.48. The first-order valence-corrected chi connectivity index (χ1v) is 11.8. The van der Waals surface area contributed by atoms with E-state index in [2.05, 4.69) is 15.4 Å². The molecule has 10 heteroatoms. The fourth-order valence-corrected chi connectivity index (χ4v) is 4.71. The van der Waals surface area contributed by atoms with Crippen molar-refractivity contribution in [3.8, 4) is 0 Å². The summed E-state index contributed by atoms with van der Waals surface area (Å²) in [6, 6.07) is 6.68. The smallest absolute Gasteiger partial charge is 0.246 e. The van der Waals surface area contributed by atoms with Gasteiger partial charge in [0, 0.05) is 20.0 Å². The van der Waals surface area contributed by atoms with E-state index in [0.717, 1.165) is 48.9 Å².